The zero-order valence-corrected chi connectivity index (χ0v) is 10.2. The van der Waals surface area contributed by atoms with Gasteiger partial charge in [0.05, 0.1) is 11.5 Å². The summed E-state index contributed by atoms with van der Waals surface area (Å²) < 4.78 is 28.7. The van der Waals surface area contributed by atoms with Crippen LogP contribution in [0.4, 0.5) is 0 Å². The summed E-state index contributed by atoms with van der Waals surface area (Å²) in [7, 11) is -3.22. The van der Waals surface area contributed by atoms with Crippen LogP contribution >= 0.6 is 0 Å². The molecule has 0 N–H and O–H groups in total. The third-order valence-corrected chi connectivity index (χ3v) is 4.29. The van der Waals surface area contributed by atoms with Crippen molar-refractivity contribution in [1.82, 2.24) is 0 Å². The quantitative estimate of drug-likeness (QED) is 0.760. The van der Waals surface area contributed by atoms with E-state index >= 15 is 0 Å². The lowest BCUT2D eigenvalue weighted by molar-refractivity contribution is -0.140. The number of hydrogen-bond donors (Lipinski definition) is 0. The first-order valence-corrected chi connectivity index (χ1v) is 7.31. The molecule has 4 nitrogen and oxygen atoms in total. The van der Waals surface area contributed by atoms with E-state index in [1.807, 2.05) is 6.07 Å². The molecule has 0 radical (unpaired) electrons. The minimum Gasteiger partial charge on any atom is -0.461 e. The summed E-state index contributed by atoms with van der Waals surface area (Å²) in [6, 6.07) is 9.01. The molecule has 0 aromatic heterocycles. The lowest BCUT2D eigenvalue weighted by Gasteiger charge is -2.09. The van der Waals surface area contributed by atoms with Gasteiger partial charge in [0, 0.05) is 6.42 Å². The van der Waals surface area contributed by atoms with E-state index in [1.165, 1.54) is 0 Å². The molecule has 92 valence electrons. The van der Waals surface area contributed by atoms with Gasteiger partial charge >= 0.3 is 5.97 Å². The Kier molecular flexibility index (Phi) is 3.47. The maximum Gasteiger partial charge on any atom is 0.306 e. The summed E-state index contributed by atoms with van der Waals surface area (Å²) in [5.74, 6) is -0.375. The predicted molar refractivity (Wildman–Crippen MR) is 63.0 cm³/mol. The van der Waals surface area contributed by atoms with Crippen LogP contribution in [0.5, 0.6) is 0 Å². The minimum absolute atomic E-state index is 0.00188. The number of ether oxygens (including phenoxy) is 1. The number of esters is 1. The fourth-order valence-corrected chi connectivity index (χ4v) is 3.49. The predicted octanol–water partition coefficient (Wildman–Crippen LogP) is 1.31. The number of hydrogen-bond acceptors (Lipinski definition) is 4. The van der Waals surface area contributed by atoms with E-state index in [1.54, 1.807) is 24.3 Å². The molecule has 17 heavy (non-hydrogen) atoms. The van der Waals surface area contributed by atoms with Crippen molar-refractivity contribution in [2.24, 2.45) is 0 Å². The molecule has 0 unspecified atom stereocenters. The lowest BCUT2D eigenvalue weighted by atomic mass is 10.2. The van der Waals surface area contributed by atoms with Gasteiger partial charge in [0.15, 0.2) is 9.84 Å². The van der Waals surface area contributed by atoms with Crippen LogP contribution in [0.2, 0.25) is 0 Å². The smallest absolute Gasteiger partial charge is 0.306 e. The SMILES string of the molecule is O=C1CC[C@H](CS(=O)(=O)Cc2ccccc2)O1. The van der Waals surface area contributed by atoms with Crippen molar-refractivity contribution >= 4 is 15.8 Å². The highest BCUT2D eigenvalue weighted by atomic mass is 32.2. The number of rotatable bonds is 4. The average Bonchev–Trinajstić information content (AvgIpc) is 2.63. The molecule has 2 rings (SSSR count). The van der Waals surface area contributed by atoms with Crippen LogP contribution in [0.15, 0.2) is 30.3 Å². The second-order valence-electron chi connectivity index (χ2n) is 4.19. The van der Waals surface area contributed by atoms with Crippen LogP contribution in [0.3, 0.4) is 0 Å². The first-order valence-electron chi connectivity index (χ1n) is 5.49. The molecule has 1 aromatic rings. The van der Waals surface area contributed by atoms with Gasteiger partial charge in [-0.1, -0.05) is 30.3 Å². The van der Waals surface area contributed by atoms with Gasteiger partial charge in [-0.25, -0.2) is 8.42 Å². The van der Waals surface area contributed by atoms with Crippen molar-refractivity contribution in [2.45, 2.75) is 24.7 Å². The van der Waals surface area contributed by atoms with Crippen molar-refractivity contribution in [3.8, 4) is 0 Å². The molecular weight excluding hydrogens is 240 g/mol. The highest BCUT2D eigenvalue weighted by Crippen LogP contribution is 2.17. The van der Waals surface area contributed by atoms with E-state index in [2.05, 4.69) is 0 Å². The molecule has 0 saturated carbocycles. The minimum atomic E-state index is -3.22. The van der Waals surface area contributed by atoms with Crippen molar-refractivity contribution < 1.29 is 17.9 Å². The van der Waals surface area contributed by atoms with E-state index in [9.17, 15) is 13.2 Å². The fraction of sp³-hybridized carbons (Fsp3) is 0.417. The topological polar surface area (TPSA) is 60.4 Å². The molecule has 1 atom stereocenters. The molecule has 5 heteroatoms. The van der Waals surface area contributed by atoms with Crippen molar-refractivity contribution in [2.75, 3.05) is 5.75 Å². The maximum atomic E-state index is 11.9. The van der Waals surface area contributed by atoms with Crippen LogP contribution < -0.4 is 0 Å². The Morgan fingerprint density at radius 2 is 1.94 bits per heavy atom. The molecule has 0 aliphatic carbocycles. The Morgan fingerprint density at radius 1 is 1.24 bits per heavy atom. The molecule has 1 heterocycles. The number of sulfone groups is 1. The average molecular weight is 254 g/mol. The monoisotopic (exact) mass is 254 g/mol. The summed E-state index contributed by atoms with van der Waals surface area (Å²) in [5, 5.41) is 0. The summed E-state index contributed by atoms with van der Waals surface area (Å²) in [5.41, 5.74) is 0.761. The molecule has 1 aromatic carbocycles. The van der Waals surface area contributed by atoms with Crippen LogP contribution in [-0.4, -0.2) is 26.2 Å². The third-order valence-electron chi connectivity index (χ3n) is 2.64. The van der Waals surface area contributed by atoms with E-state index < -0.39 is 15.9 Å². The third kappa shape index (κ3) is 3.56. The summed E-state index contributed by atoms with van der Waals surface area (Å²) in [6.07, 6.45) is 0.370. The van der Waals surface area contributed by atoms with E-state index in [4.69, 9.17) is 4.74 Å². The van der Waals surface area contributed by atoms with Crippen LogP contribution in [0.25, 0.3) is 0 Å². The van der Waals surface area contributed by atoms with E-state index in [0.717, 1.165) is 5.56 Å². The highest BCUT2D eigenvalue weighted by Gasteiger charge is 2.28. The molecule has 1 aliphatic rings. The van der Waals surface area contributed by atoms with Gasteiger partial charge in [-0.15, -0.1) is 0 Å². The van der Waals surface area contributed by atoms with Crippen LogP contribution in [-0.2, 0) is 25.1 Å². The fourth-order valence-electron chi connectivity index (χ4n) is 1.87. The zero-order chi connectivity index (χ0) is 12.3. The molecule has 1 fully saturated rings. The van der Waals surface area contributed by atoms with Gasteiger partial charge in [0.1, 0.15) is 6.10 Å². The van der Waals surface area contributed by atoms with E-state index in [0.29, 0.717) is 12.8 Å². The Bertz CT molecular complexity index is 492. The lowest BCUT2D eigenvalue weighted by Crippen LogP contribution is -2.22. The first-order chi connectivity index (χ1) is 8.05. The number of carbonyl (C=O) groups is 1. The molecule has 1 aliphatic heterocycles. The van der Waals surface area contributed by atoms with Crippen LogP contribution in [0.1, 0.15) is 18.4 Å². The maximum absolute atomic E-state index is 11.9. The van der Waals surface area contributed by atoms with Gasteiger partial charge in [-0.3, -0.25) is 4.79 Å². The van der Waals surface area contributed by atoms with Crippen LogP contribution in [0, 0.1) is 0 Å². The Morgan fingerprint density at radius 3 is 2.53 bits per heavy atom. The highest BCUT2D eigenvalue weighted by molar-refractivity contribution is 7.90. The first kappa shape index (κ1) is 12.1. The molecule has 1 saturated heterocycles. The van der Waals surface area contributed by atoms with Crippen molar-refractivity contribution in [3.63, 3.8) is 0 Å². The molecule has 0 amide bonds. The standard InChI is InChI=1S/C12H14O4S/c13-12-7-6-11(16-12)9-17(14,15)8-10-4-2-1-3-5-10/h1-5,11H,6-9H2/t11-/m1/s1. The summed E-state index contributed by atoms with van der Waals surface area (Å²) >= 11 is 0. The van der Waals surface area contributed by atoms with Crippen molar-refractivity contribution in [1.29, 1.82) is 0 Å². The summed E-state index contributed by atoms with van der Waals surface area (Å²) in [4.78, 5) is 10.9. The van der Waals surface area contributed by atoms with Gasteiger partial charge in [0.2, 0.25) is 0 Å². The van der Waals surface area contributed by atoms with Crippen molar-refractivity contribution in [3.05, 3.63) is 35.9 Å². The number of carbonyl (C=O) groups excluding carboxylic acids is 1. The van der Waals surface area contributed by atoms with Gasteiger partial charge < -0.3 is 4.74 Å². The second kappa shape index (κ2) is 4.87. The largest absolute Gasteiger partial charge is 0.461 e. The number of cyclic esters (lactones) is 1. The van der Waals surface area contributed by atoms with Gasteiger partial charge in [0.25, 0.3) is 0 Å². The van der Waals surface area contributed by atoms with E-state index in [-0.39, 0.29) is 17.5 Å². The number of benzene rings is 1. The molecule has 0 spiro atoms. The zero-order valence-electron chi connectivity index (χ0n) is 9.33. The second-order valence-corrected chi connectivity index (χ2v) is 6.30. The Labute approximate surface area is 101 Å². The molecular formula is C12H14O4S. The molecule has 0 bridgehead atoms. The Balaban J connectivity index is 1.98. The normalized spacial score (nSPS) is 20.2. The Hall–Kier alpha value is -1.36. The summed E-state index contributed by atoms with van der Waals surface area (Å²) in [6.45, 7) is 0. The van der Waals surface area contributed by atoms with Gasteiger partial charge in [-0.2, -0.15) is 0 Å². The van der Waals surface area contributed by atoms with Gasteiger partial charge in [-0.05, 0) is 12.0 Å².